The number of rotatable bonds is 2. The maximum atomic E-state index is 12.5. The minimum Gasteiger partial charge on any atom is -0.354 e. The van der Waals surface area contributed by atoms with E-state index in [0.717, 1.165) is 6.42 Å². The fourth-order valence-electron chi connectivity index (χ4n) is 2.11. The van der Waals surface area contributed by atoms with Gasteiger partial charge in [-0.25, -0.2) is 0 Å². The summed E-state index contributed by atoms with van der Waals surface area (Å²) >= 11 is 0. The van der Waals surface area contributed by atoms with E-state index >= 15 is 0 Å². The molecule has 0 unspecified atom stereocenters. The van der Waals surface area contributed by atoms with Crippen LogP contribution in [-0.4, -0.2) is 46.5 Å². The van der Waals surface area contributed by atoms with Gasteiger partial charge in [-0.1, -0.05) is 6.92 Å². The maximum absolute atomic E-state index is 12.5. The molecule has 1 saturated heterocycles. The highest BCUT2D eigenvalue weighted by Crippen LogP contribution is 2.12. The summed E-state index contributed by atoms with van der Waals surface area (Å²) in [4.78, 5) is 25.6. The first kappa shape index (κ1) is 13.5. The lowest BCUT2D eigenvalue weighted by Crippen LogP contribution is -2.38. The molecule has 6 nitrogen and oxygen atoms in total. The third-order valence-corrected chi connectivity index (χ3v) is 3.11. The molecule has 19 heavy (non-hydrogen) atoms. The Hall–Kier alpha value is -1.98. The molecule has 1 aromatic rings. The second-order valence-electron chi connectivity index (χ2n) is 4.63. The SMILES string of the molecule is CCc1nnc(C)cc1C(=O)N1CCCNC(=O)C1. The summed E-state index contributed by atoms with van der Waals surface area (Å²) in [7, 11) is 0. The highest BCUT2D eigenvalue weighted by atomic mass is 16.2. The molecular formula is C13H18N4O2. The van der Waals surface area contributed by atoms with E-state index in [1.165, 1.54) is 0 Å². The number of carbonyl (C=O) groups is 2. The zero-order valence-corrected chi connectivity index (χ0v) is 11.3. The molecule has 2 heterocycles. The number of nitrogens with one attached hydrogen (secondary N) is 1. The summed E-state index contributed by atoms with van der Waals surface area (Å²) in [5.74, 6) is -0.241. The van der Waals surface area contributed by atoms with E-state index in [1.54, 1.807) is 17.9 Å². The molecular weight excluding hydrogens is 244 g/mol. The van der Waals surface area contributed by atoms with Gasteiger partial charge in [-0.05, 0) is 25.8 Å². The molecule has 1 N–H and O–H groups in total. The van der Waals surface area contributed by atoms with Crippen molar-refractivity contribution in [3.63, 3.8) is 0 Å². The number of hydrogen-bond donors (Lipinski definition) is 1. The quantitative estimate of drug-likeness (QED) is 0.832. The summed E-state index contributed by atoms with van der Waals surface area (Å²) in [5, 5.41) is 10.8. The first-order chi connectivity index (χ1) is 9.11. The van der Waals surface area contributed by atoms with Gasteiger partial charge in [0.2, 0.25) is 5.91 Å². The Morgan fingerprint density at radius 3 is 3.00 bits per heavy atom. The molecule has 0 atom stereocenters. The number of aryl methyl sites for hydroxylation is 2. The summed E-state index contributed by atoms with van der Waals surface area (Å²) in [6.45, 7) is 5.06. The number of amides is 2. The summed E-state index contributed by atoms with van der Waals surface area (Å²) in [6.07, 6.45) is 1.42. The molecule has 0 saturated carbocycles. The minimum atomic E-state index is -0.132. The molecule has 0 radical (unpaired) electrons. The van der Waals surface area contributed by atoms with E-state index < -0.39 is 0 Å². The van der Waals surface area contributed by atoms with Crippen LogP contribution in [0.2, 0.25) is 0 Å². The molecule has 2 amide bonds. The summed E-state index contributed by atoms with van der Waals surface area (Å²) < 4.78 is 0. The van der Waals surface area contributed by atoms with Crippen LogP contribution < -0.4 is 5.32 Å². The minimum absolute atomic E-state index is 0.109. The highest BCUT2D eigenvalue weighted by molar-refractivity contribution is 5.97. The van der Waals surface area contributed by atoms with Crippen molar-refractivity contribution < 1.29 is 9.59 Å². The van der Waals surface area contributed by atoms with Gasteiger partial charge in [0.25, 0.3) is 5.91 Å². The van der Waals surface area contributed by atoms with Gasteiger partial charge in [0.15, 0.2) is 0 Å². The summed E-state index contributed by atoms with van der Waals surface area (Å²) in [5.41, 5.74) is 1.95. The van der Waals surface area contributed by atoms with E-state index in [9.17, 15) is 9.59 Å². The summed E-state index contributed by atoms with van der Waals surface area (Å²) in [6, 6.07) is 1.75. The van der Waals surface area contributed by atoms with Gasteiger partial charge in [-0.2, -0.15) is 10.2 Å². The molecule has 2 rings (SSSR count). The number of hydrogen-bond acceptors (Lipinski definition) is 4. The third-order valence-electron chi connectivity index (χ3n) is 3.11. The lowest BCUT2D eigenvalue weighted by Gasteiger charge is -2.20. The van der Waals surface area contributed by atoms with Crippen molar-refractivity contribution in [1.29, 1.82) is 0 Å². The van der Waals surface area contributed by atoms with Crippen LogP contribution in [0.25, 0.3) is 0 Å². The van der Waals surface area contributed by atoms with Crippen molar-refractivity contribution in [2.24, 2.45) is 0 Å². The van der Waals surface area contributed by atoms with Gasteiger partial charge in [0, 0.05) is 13.1 Å². The van der Waals surface area contributed by atoms with Gasteiger partial charge < -0.3 is 10.2 Å². The molecule has 1 fully saturated rings. The third kappa shape index (κ3) is 3.07. The second-order valence-corrected chi connectivity index (χ2v) is 4.63. The van der Waals surface area contributed by atoms with Crippen molar-refractivity contribution in [2.75, 3.05) is 19.6 Å². The molecule has 0 spiro atoms. The zero-order valence-electron chi connectivity index (χ0n) is 11.3. The Kier molecular flexibility index (Phi) is 4.09. The van der Waals surface area contributed by atoms with Crippen LogP contribution in [0.1, 0.15) is 35.1 Å². The van der Waals surface area contributed by atoms with E-state index in [1.807, 2.05) is 6.92 Å². The lowest BCUT2D eigenvalue weighted by molar-refractivity contribution is -0.121. The lowest BCUT2D eigenvalue weighted by atomic mass is 10.1. The van der Waals surface area contributed by atoms with E-state index in [4.69, 9.17) is 0 Å². The Bertz CT molecular complexity index is 501. The van der Waals surface area contributed by atoms with Crippen LogP contribution in [0.4, 0.5) is 0 Å². The largest absolute Gasteiger partial charge is 0.354 e. The number of carbonyl (C=O) groups excluding carboxylic acids is 2. The van der Waals surface area contributed by atoms with Crippen LogP contribution in [0.3, 0.4) is 0 Å². The topological polar surface area (TPSA) is 75.2 Å². The van der Waals surface area contributed by atoms with Crippen LogP contribution in [0.5, 0.6) is 0 Å². The van der Waals surface area contributed by atoms with Crippen molar-refractivity contribution in [3.05, 3.63) is 23.0 Å². The van der Waals surface area contributed by atoms with Crippen LogP contribution in [0, 0.1) is 6.92 Å². The van der Waals surface area contributed by atoms with Gasteiger partial charge in [0.05, 0.1) is 23.5 Å². The molecule has 102 valence electrons. The van der Waals surface area contributed by atoms with Crippen molar-refractivity contribution >= 4 is 11.8 Å². The van der Waals surface area contributed by atoms with Gasteiger partial charge in [0.1, 0.15) is 0 Å². The molecule has 6 heteroatoms. The second kappa shape index (κ2) is 5.77. The molecule has 0 bridgehead atoms. The van der Waals surface area contributed by atoms with Crippen LogP contribution >= 0.6 is 0 Å². The van der Waals surface area contributed by atoms with Gasteiger partial charge in [-0.3, -0.25) is 9.59 Å². The molecule has 0 aromatic carbocycles. The van der Waals surface area contributed by atoms with Crippen molar-refractivity contribution in [1.82, 2.24) is 20.4 Å². The average Bonchev–Trinajstić information content (AvgIpc) is 2.62. The molecule has 0 aliphatic carbocycles. The van der Waals surface area contributed by atoms with Crippen LogP contribution in [0.15, 0.2) is 6.07 Å². The fourth-order valence-corrected chi connectivity index (χ4v) is 2.11. The Morgan fingerprint density at radius 2 is 2.26 bits per heavy atom. The molecule has 1 aromatic heterocycles. The average molecular weight is 262 g/mol. The standard InChI is InChI=1S/C13H18N4O2/c1-3-11-10(7-9(2)15-16-11)13(19)17-6-4-5-14-12(18)8-17/h7H,3-6,8H2,1-2H3,(H,14,18). The Labute approximate surface area is 112 Å². The Balaban J connectivity index is 2.27. The van der Waals surface area contributed by atoms with Gasteiger partial charge in [-0.15, -0.1) is 0 Å². The number of nitrogens with zero attached hydrogens (tertiary/aromatic N) is 3. The zero-order chi connectivity index (χ0) is 13.8. The van der Waals surface area contributed by atoms with Crippen LogP contribution in [-0.2, 0) is 11.2 Å². The monoisotopic (exact) mass is 262 g/mol. The molecule has 1 aliphatic heterocycles. The van der Waals surface area contributed by atoms with E-state index in [0.29, 0.717) is 36.5 Å². The van der Waals surface area contributed by atoms with Crippen molar-refractivity contribution in [3.8, 4) is 0 Å². The predicted octanol–water partition coefficient (Wildman–Crippen LogP) is 0.310. The fraction of sp³-hybridized carbons (Fsp3) is 0.538. The van der Waals surface area contributed by atoms with E-state index in [2.05, 4.69) is 15.5 Å². The highest BCUT2D eigenvalue weighted by Gasteiger charge is 2.23. The van der Waals surface area contributed by atoms with Gasteiger partial charge >= 0.3 is 0 Å². The van der Waals surface area contributed by atoms with E-state index in [-0.39, 0.29) is 18.4 Å². The number of aromatic nitrogens is 2. The first-order valence-corrected chi connectivity index (χ1v) is 6.51. The first-order valence-electron chi connectivity index (χ1n) is 6.51. The predicted molar refractivity (Wildman–Crippen MR) is 69.7 cm³/mol. The smallest absolute Gasteiger partial charge is 0.256 e. The normalized spacial score (nSPS) is 15.9. The van der Waals surface area contributed by atoms with Crippen molar-refractivity contribution in [2.45, 2.75) is 26.7 Å². The molecule has 1 aliphatic rings. The Morgan fingerprint density at radius 1 is 1.47 bits per heavy atom. The maximum Gasteiger partial charge on any atom is 0.256 e.